The minimum atomic E-state index is -0.447. The highest BCUT2D eigenvalue weighted by atomic mass is 79.9. The number of halogens is 2. The van der Waals surface area contributed by atoms with Gasteiger partial charge in [-0.1, -0.05) is 34.1 Å². The summed E-state index contributed by atoms with van der Waals surface area (Å²) in [6, 6.07) is 12.3. The van der Waals surface area contributed by atoms with Crippen LogP contribution in [0.1, 0.15) is 12.5 Å². The van der Waals surface area contributed by atoms with Crippen LogP contribution in [-0.2, 0) is 11.2 Å². The summed E-state index contributed by atoms with van der Waals surface area (Å²) >= 11 is 3.20. The Morgan fingerprint density at radius 1 is 1.32 bits per heavy atom. The SMILES string of the molecule is C[C@@H](C(=O)Nc1ccc(Br)cc1F)N1CCc2ccccc21. The summed E-state index contributed by atoms with van der Waals surface area (Å²) in [6.45, 7) is 2.64. The maximum Gasteiger partial charge on any atom is 0.246 e. The van der Waals surface area contributed by atoms with Gasteiger partial charge in [0, 0.05) is 16.7 Å². The van der Waals surface area contributed by atoms with E-state index in [2.05, 4.69) is 32.2 Å². The number of fused-ring (bicyclic) bond motifs is 1. The fraction of sp³-hybridized carbons (Fsp3) is 0.235. The van der Waals surface area contributed by atoms with Gasteiger partial charge in [0.15, 0.2) is 0 Å². The summed E-state index contributed by atoms with van der Waals surface area (Å²) in [5, 5.41) is 2.67. The molecule has 1 aliphatic rings. The van der Waals surface area contributed by atoms with E-state index in [0.717, 1.165) is 18.7 Å². The molecule has 22 heavy (non-hydrogen) atoms. The summed E-state index contributed by atoms with van der Waals surface area (Å²) in [5.41, 5.74) is 2.53. The number of para-hydroxylation sites is 1. The molecule has 1 aliphatic heterocycles. The normalized spacial score (nSPS) is 14.6. The van der Waals surface area contributed by atoms with Crippen molar-refractivity contribution in [2.24, 2.45) is 0 Å². The molecule has 0 fully saturated rings. The van der Waals surface area contributed by atoms with Crippen LogP contribution in [0.2, 0.25) is 0 Å². The van der Waals surface area contributed by atoms with E-state index in [0.29, 0.717) is 4.47 Å². The van der Waals surface area contributed by atoms with Crippen molar-refractivity contribution in [1.82, 2.24) is 0 Å². The van der Waals surface area contributed by atoms with Gasteiger partial charge in [-0.05, 0) is 43.2 Å². The van der Waals surface area contributed by atoms with Gasteiger partial charge in [0.1, 0.15) is 11.9 Å². The Bertz CT molecular complexity index is 720. The molecule has 1 amide bonds. The van der Waals surface area contributed by atoms with Crippen molar-refractivity contribution in [1.29, 1.82) is 0 Å². The van der Waals surface area contributed by atoms with Gasteiger partial charge >= 0.3 is 0 Å². The Morgan fingerprint density at radius 2 is 2.09 bits per heavy atom. The van der Waals surface area contributed by atoms with Crippen LogP contribution >= 0.6 is 15.9 Å². The molecule has 0 aliphatic carbocycles. The summed E-state index contributed by atoms with van der Waals surface area (Å²) in [6.07, 6.45) is 0.931. The van der Waals surface area contributed by atoms with Gasteiger partial charge in [-0.2, -0.15) is 0 Å². The van der Waals surface area contributed by atoms with E-state index >= 15 is 0 Å². The van der Waals surface area contributed by atoms with E-state index in [-0.39, 0.29) is 17.6 Å². The Hall–Kier alpha value is -1.88. The van der Waals surface area contributed by atoms with Crippen LogP contribution in [0.25, 0.3) is 0 Å². The molecule has 1 N–H and O–H groups in total. The zero-order chi connectivity index (χ0) is 15.7. The smallest absolute Gasteiger partial charge is 0.246 e. The van der Waals surface area contributed by atoms with Gasteiger partial charge in [-0.3, -0.25) is 4.79 Å². The fourth-order valence-electron chi connectivity index (χ4n) is 2.74. The molecule has 2 aromatic carbocycles. The lowest BCUT2D eigenvalue weighted by molar-refractivity contribution is -0.117. The summed E-state index contributed by atoms with van der Waals surface area (Å²) in [4.78, 5) is 14.5. The molecule has 3 nitrogen and oxygen atoms in total. The van der Waals surface area contributed by atoms with E-state index in [1.165, 1.54) is 11.6 Å². The van der Waals surface area contributed by atoms with Crippen molar-refractivity contribution in [2.45, 2.75) is 19.4 Å². The molecule has 5 heteroatoms. The highest BCUT2D eigenvalue weighted by Gasteiger charge is 2.27. The van der Waals surface area contributed by atoms with E-state index in [4.69, 9.17) is 0 Å². The quantitative estimate of drug-likeness (QED) is 0.895. The number of nitrogens with one attached hydrogen (secondary N) is 1. The predicted molar refractivity (Wildman–Crippen MR) is 89.7 cm³/mol. The minimum Gasteiger partial charge on any atom is -0.359 e. The minimum absolute atomic E-state index is 0.201. The topological polar surface area (TPSA) is 32.3 Å². The van der Waals surface area contributed by atoms with Gasteiger partial charge in [-0.25, -0.2) is 4.39 Å². The summed E-state index contributed by atoms with van der Waals surface area (Å²) in [7, 11) is 0. The second-order valence-corrected chi connectivity index (χ2v) is 6.28. The van der Waals surface area contributed by atoms with Crippen molar-refractivity contribution in [3.8, 4) is 0 Å². The maximum absolute atomic E-state index is 13.8. The third-order valence-corrected chi connectivity index (χ3v) is 4.45. The van der Waals surface area contributed by atoms with Crippen molar-refractivity contribution >= 4 is 33.2 Å². The van der Waals surface area contributed by atoms with Gasteiger partial charge in [-0.15, -0.1) is 0 Å². The molecule has 0 aromatic heterocycles. The lowest BCUT2D eigenvalue weighted by atomic mass is 10.1. The van der Waals surface area contributed by atoms with Gasteiger partial charge in [0.2, 0.25) is 5.91 Å². The largest absolute Gasteiger partial charge is 0.359 e. The molecule has 114 valence electrons. The number of hydrogen-bond donors (Lipinski definition) is 1. The van der Waals surface area contributed by atoms with Crippen LogP contribution in [0.5, 0.6) is 0 Å². The first-order valence-electron chi connectivity index (χ1n) is 7.17. The summed E-state index contributed by atoms with van der Waals surface area (Å²) < 4.78 is 14.5. The zero-order valence-corrected chi connectivity index (χ0v) is 13.7. The first kappa shape index (κ1) is 15.0. The molecule has 2 aromatic rings. The van der Waals surface area contributed by atoms with Crippen LogP contribution in [0.3, 0.4) is 0 Å². The first-order valence-corrected chi connectivity index (χ1v) is 7.96. The van der Waals surface area contributed by atoms with Crippen molar-refractivity contribution in [3.05, 3.63) is 58.3 Å². The third kappa shape index (κ3) is 2.86. The molecule has 0 saturated carbocycles. The van der Waals surface area contributed by atoms with Crippen molar-refractivity contribution in [2.75, 3.05) is 16.8 Å². The van der Waals surface area contributed by atoms with Gasteiger partial charge in [0.05, 0.1) is 5.69 Å². The second-order valence-electron chi connectivity index (χ2n) is 5.36. The van der Waals surface area contributed by atoms with Gasteiger partial charge < -0.3 is 10.2 Å². The standard InChI is InChI=1S/C17H16BrFN2O/c1-11(21-9-8-12-4-2-3-5-16(12)21)17(22)20-15-7-6-13(18)10-14(15)19/h2-7,10-11H,8-9H2,1H3,(H,20,22)/t11-/m0/s1. The zero-order valence-electron chi connectivity index (χ0n) is 12.1. The molecule has 0 bridgehead atoms. The first-order chi connectivity index (χ1) is 10.6. The number of carbonyl (C=O) groups excluding carboxylic acids is 1. The highest BCUT2D eigenvalue weighted by molar-refractivity contribution is 9.10. The third-order valence-electron chi connectivity index (χ3n) is 3.96. The maximum atomic E-state index is 13.8. The number of hydrogen-bond acceptors (Lipinski definition) is 2. The van der Waals surface area contributed by atoms with E-state index < -0.39 is 5.82 Å². The molecule has 1 heterocycles. The van der Waals surface area contributed by atoms with E-state index in [9.17, 15) is 9.18 Å². The average Bonchev–Trinajstić information content (AvgIpc) is 2.93. The van der Waals surface area contributed by atoms with Crippen LogP contribution < -0.4 is 10.2 Å². The Kier molecular flexibility index (Phi) is 4.16. The second kappa shape index (κ2) is 6.08. The predicted octanol–water partition coefficient (Wildman–Crippen LogP) is 3.98. The Balaban J connectivity index is 1.76. The van der Waals surface area contributed by atoms with Gasteiger partial charge in [0.25, 0.3) is 0 Å². The highest BCUT2D eigenvalue weighted by Crippen LogP contribution is 2.29. The average molecular weight is 363 g/mol. The van der Waals surface area contributed by atoms with Crippen molar-refractivity contribution < 1.29 is 9.18 Å². The molecular formula is C17H16BrFN2O. The Labute approximate surface area is 137 Å². The lowest BCUT2D eigenvalue weighted by Gasteiger charge is -2.26. The fourth-order valence-corrected chi connectivity index (χ4v) is 3.07. The van der Waals surface area contributed by atoms with Crippen LogP contribution in [0.4, 0.5) is 15.8 Å². The van der Waals surface area contributed by atoms with E-state index in [1.54, 1.807) is 12.1 Å². The van der Waals surface area contributed by atoms with Crippen LogP contribution in [-0.4, -0.2) is 18.5 Å². The lowest BCUT2D eigenvalue weighted by Crippen LogP contribution is -2.41. The number of rotatable bonds is 3. The van der Waals surface area contributed by atoms with E-state index in [1.807, 2.05) is 25.1 Å². The molecular weight excluding hydrogens is 347 g/mol. The summed E-state index contributed by atoms with van der Waals surface area (Å²) in [5.74, 6) is -0.658. The molecule has 0 spiro atoms. The molecule has 0 radical (unpaired) electrons. The van der Waals surface area contributed by atoms with Crippen LogP contribution in [0, 0.1) is 5.82 Å². The molecule has 3 rings (SSSR count). The molecule has 1 atom stereocenters. The number of amides is 1. The molecule has 0 unspecified atom stereocenters. The monoisotopic (exact) mass is 362 g/mol. The number of carbonyl (C=O) groups is 1. The number of nitrogens with zero attached hydrogens (tertiary/aromatic N) is 1. The molecule has 0 saturated heterocycles. The number of benzene rings is 2. The number of anilines is 2. The van der Waals surface area contributed by atoms with Crippen LogP contribution in [0.15, 0.2) is 46.9 Å². The van der Waals surface area contributed by atoms with Crippen molar-refractivity contribution in [3.63, 3.8) is 0 Å². The Morgan fingerprint density at radius 3 is 2.86 bits per heavy atom.